The number of rotatable bonds is 5. The molecule has 154 valence electrons. The Morgan fingerprint density at radius 1 is 1.30 bits per heavy atom. The van der Waals surface area contributed by atoms with Crippen LogP contribution in [0.4, 0.5) is 4.39 Å². The van der Waals surface area contributed by atoms with Gasteiger partial charge in [-0.25, -0.2) is 9.38 Å². The van der Waals surface area contributed by atoms with Crippen LogP contribution in [-0.4, -0.2) is 39.1 Å². The summed E-state index contributed by atoms with van der Waals surface area (Å²) in [6.07, 6.45) is 5.51. The lowest BCUT2D eigenvalue weighted by Crippen LogP contribution is -2.39. The molecule has 1 saturated heterocycles. The van der Waals surface area contributed by atoms with E-state index in [9.17, 15) is 4.39 Å². The molecular weight excluding hydrogens is 381 g/mol. The third-order valence-electron chi connectivity index (χ3n) is 5.52. The molecule has 2 aliphatic heterocycles. The normalized spacial score (nSPS) is 21.0. The van der Waals surface area contributed by atoms with Crippen molar-refractivity contribution >= 4 is 6.21 Å². The minimum Gasteiger partial charge on any atom is -0.481 e. The average molecular weight is 405 g/mol. The van der Waals surface area contributed by atoms with Gasteiger partial charge in [0.2, 0.25) is 5.88 Å². The lowest BCUT2D eigenvalue weighted by Gasteiger charge is -2.25. The van der Waals surface area contributed by atoms with Crippen molar-refractivity contribution in [1.82, 2.24) is 5.32 Å². The summed E-state index contributed by atoms with van der Waals surface area (Å²) < 4.78 is 25.4. The molecule has 5 nitrogen and oxygen atoms in total. The van der Waals surface area contributed by atoms with Crippen molar-refractivity contribution in [2.75, 3.05) is 26.8 Å². The lowest BCUT2D eigenvalue weighted by atomic mass is 9.86. The molecule has 0 spiro atoms. The van der Waals surface area contributed by atoms with E-state index in [4.69, 9.17) is 14.7 Å². The molecular formula is C24H24FN3O2. The minimum atomic E-state index is -0.509. The molecule has 30 heavy (non-hydrogen) atoms. The molecule has 0 radical (unpaired) electrons. The number of hydrogen-bond acceptors (Lipinski definition) is 5. The molecule has 1 N–H and O–H groups in total. The number of nitrogens with zero attached hydrogens (tertiary/aromatic N) is 2. The highest BCUT2D eigenvalue weighted by Crippen LogP contribution is 2.34. The van der Waals surface area contributed by atoms with Crippen LogP contribution in [0.5, 0.6) is 0 Å². The molecule has 0 bridgehead atoms. The van der Waals surface area contributed by atoms with Crippen molar-refractivity contribution in [3.8, 4) is 17.2 Å². The highest BCUT2D eigenvalue weighted by Gasteiger charge is 2.20. The molecule has 0 amide bonds. The Labute approximate surface area is 175 Å². The van der Waals surface area contributed by atoms with Gasteiger partial charge in [0.1, 0.15) is 11.9 Å². The van der Waals surface area contributed by atoms with Gasteiger partial charge in [0.05, 0.1) is 25.4 Å². The van der Waals surface area contributed by atoms with Crippen molar-refractivity contribution in [3.63, 3.8) is 0 Å². The average Bonchev–Trinajstić information content (AvgIpc) is 2.80. The molecule has 2 aromatic rings. The third-order valence-corrected chi connectivity index (χ3v) is 5.52. The summed E-state index contributed by atoms with van der Waals surface area (Å²) in [6, 6.07) is 13.0. The highest BCUT2D eigenvalue weighted by atomic mass is 19.1. The van der Waals surface area contributed by atoms with Gasteiger partial charge in [-0.05, 0) is 53.3 Å². The van der Waals surface area contributed by atoms with Gasteiger partial charge in [-0.3, -0.25) is 0 Å². The number of methoxy groups -OCH3 is 1. The molecule has 4 rings (SSSR count). The Balaban J connectivity index is 1.70. The topological polar surface area (TPSA) is 66.6 Å². The molecule has 0 saturated carbocycles. The first-order chi connectivity index (χ1) is 14.7. The maximum Gasteiger partial charge on any atom is 0.208 e. The number of nitrogens with one attached hydrogen (secondary N) is 1. The number of benzene rings is 2. The van der Waals surface area contributed by atoms with E-state index in [0.29, 0.717) is 12.5 Å². The van der Waals surface area contributed by atoms with Crippen LogP contribution in [0.25, 0.3) is 11.1 Å². The summed E-state index contributed by atoms with van der Waals surface area (Å²) in [5, 5.41) is 12.4. The van der Waals surface area contributed by atoms with E-state index in [1.165, 1.54) is 12.1 Å². The Morgan fingerprint density at radius 2 is 2.20 bits per heavy atom. The van der Waals surface area contributed by atoms with Gasteiger partial charge in [0, 0.05) is 25.2 Å². The number of nitriles is 1. The predicted octanol–water partition coefficient (Wildman–Crippen LogP) is 3.94. The second-order valence-corrected chi connectivity index (χ2v) is 7.50. The molecule has 2 aromatic carbocycles. The quantitative estimate of drug-likeness (QED) is 0.818. The summed E-state index contributed by atoms with van der Waals surface area (Å²) >= 11 is 0. The van der Waals surface area contributed by atoms with Crippen LogP contribution in [0, 0.1) is 17.1 Å². The SMILES string of the molecule is COC1=CCC(c2ccc(CC3CNCCO3)cc2-c2ccc(C#N)c(F)c2)C=N1. The summed E-state index contributed by atoms with van der Waals surface area (Å²) in [4.78, 5) is 4.37. The minimum absolute atomic E-state index is 0.0463. The number of halogens is 1. The first-order valence-electron chi connectivity index (χ1n) is 10.1. The van der Waals surface area contributed by atoms with Gasteiger partial charge in [-0.15, -0.1) is 0 Å². The molecule has 6 heteroatoms. The van der Waals surface area contributed by atoms with E-state index < -0.39 is 5.82 Å². The zero-order valence-electron chi connectivity index (χ0n) is 16.9. The van der Waals surface area contributed by atoms with Crippen molar-refractivity contribution in [2.45, 2.75) is 24.9 Å². The van der Waals surface area contributed by atoms with Gasteiger partial charge in [-0.1, -0.05) is 24.3 Å². The number of aliphatic imine (C=N–C) groups is 1. The Hall–Kier alpha value is -3.01. The van der Waals surface area contributed by atoms with Crippen molar-refractivity contribution in [2.24, 2.45) is 4.99 Å². The first kappa shape index (κ1) is 20.3. The molecule has 2 heterocycles. The monoisotopic (exact) mass is 405 g/mol. The van der Waals surface area contributed by atoms with Gasteiger partial charge < -0.3 is 14.8 Å². The highest BCUT2D eigenvalue weighted by molar-refractivity contribution is 5.78. The number of allylic oxidation sites excluding steroid dienone is 1. The van der Waals surface area contributed by atoms with Gasteiger partial charge in [-0.2, -0.15) is 5.26 Å². The standard InChI is InChI=1S/C24H24FN3O2/c1-29-24-7-5-19(14-28-24)21-6-2-16(10-20-15-27-8-9-30-20)11-22(21)17-3-4-18(13-26)23(25)12-17/h2-4,6-7,11-12,14,19-20,27H,5,8-10,15H2,1H3. The fourth-order valence-corrected chi connectivity index (χ4v) is 3.94. The zero-order chi connectivity index (χ0) is 20.9. The van der Waals surface area contributed by atoms with Gasteiger partial charge >= 0.3 is 0 Å². The molecule has 0 aliphatic carbocycles. The maximum absolute atomic E-state index is 14.4. The third kappa shape index (κ3) is 4.43. The van der Waals surface area contributed by atoms with E-state index >= 15 is 0 Å². The van der Waals surface area contributed by atoms with E-state index in [2.05, 4.69) is 28.5 Å². The summed E-state index contributed by atoms with van der Waals surface area (Å²) in [5.41, 5.74) is 3.95. The second kappa shape index (κ2) is 9.21. The van der Waals surface area contributed by atoms with E-state index in [1.807, 2.05) is 18.4 Å². The largest absolute Gasteiger partial charge is 0.481 e. The van der Waals surface area contributed by atoms with Gasteiger partial charge in [0.15, 0.2) is 0 Å². The first-order valence-corrected chi connectivity index (χ1v) is 10.1. The molecule has 0 aromatic heterocycles. The Morgan fingerprint density at radius 3 is 2.87 bits per heavy atom. The van der Waals surface area contributed by atoms with Crippen LogP contribution in [0.2, 0.25) is 0 Å². The lowest BCUT2D eigenvalue weighted by molar-refractivity contribution is 0.0292. The number of ether oxygens (including phenoxy) is 2. The van der Waals surface area contributed by atoms with Gasteiger partial charge in [0.25, 0.3) is 0 Å². The van der Waals surface area contributed by atoms with Crippen molar-refractivity contribution in [3.05, 3.63) is 70.9 Å². The Kier molecular flexibility index (Phi) is 6.22. The summed E-state index contributed by atoms with van der Waals surface area (Å²) in [5.74, 6) is 0.167. The van der Waals surface area contributed by atoms with Crippen LogP contribution in [0.3, 0.4) is 0 Å². The molecule has 2 atom stereocenters. The summed E-state index contributed by atoms with van der Waals surface area (Å²) in [6.45, 7) is 2.41. The van der Waals surface area contributed by atoms with Crippen LogP contribution in [0.1, 0.15) is 29.0 Å². The maximum atomic E-state index is 14.4. The molecule has 2 unspecified atom stereocenters. The number of morpholine rings is 1. The molecule has 1 fully saturated rings. The van der Waals surface area contributed by atoms with Crippen molar-refractivity contribution in [1.29, 1.82) is 5.26 Å². The zero-order valence-corrected chi connectivity index (χ0v) is 16.9. The molecule has 2 aliphatic rings. The van der Waals surface area contributed by atoms with E-state index in [0.717, 1.165) is 48.2 Å². The summed E-state index contributed by atoms with van der Waals surface area (Å²) in [7, 11) is 1.60. The van der Waals surface area contributed by atoms with Crippen LogP contribution in [-0.2, 0) is 15.9 Å². The van der Waals surface area contributed by atoms with Crippen LogP contribution >= 0.6 is 0 Å². The second-order valence-electron chi connectivity index (χ2n) is 7.50. The fraction of sp³-hybridized carbons (Fsp3) is 0.333. The van der Waals surface area contributed by atoms with E-state index in [1.54, 1.807) is 13.2 Å². The predicted molar refractivity (Wildman–Crippen MR) is 114 cm³/mol. The van der Waals surface area contributed by atoms with Crippen LogP contribution < -0.4 is 5.32 Å². The van der Waals surface area contributed by atoms with E-state index in [-0.39, 0.29) is 17.6 Å². The van der Waals surface area contributed by atoms with Crippen molar-refractivity contribution < 1.29 is 13.9 Å². The smallest absolute Gasteiger partial charge is 0.208 e. The fourth-order valence-electron chi connectivity index (χ4n) is 3.94. The number of hydrogen-bond donors (Lipinski definition) is 1. The van der Waals surface area contributed by atoms with Crippen LogP contribution in [0.15, 0.2) is 53.3 Å². The Bertz CT molecular complexity index is 1020.